The summed E-state index contributed by atoms with van der Waals surface area (Å²) in [6.45, 7) is 0.513. The first kappa shape index (κ1) is 17.6. The monoisotopic (exact) mass is 308 g/mol. The molecule has 120 valence electrons. The molecule has 0 spiro atoms. The van der Waals surface area contributed by atoms with E-state index in [9.17, 15) is 14.4 Å². The predicted octanol–water partition coefficient (Wildman–Crippen LogP) is 0.496. The minimum atomic E-state index is -0.943. The summed E-state index contributed by atoms with van der Waals surface area (Å²) >= 11 is 0. The summed E-state index contributed by atoms with van der Waals surface area (Å²) in [6, 6.07) is 6.78. The average molecular weight is 308 g/mol. The molecule has 0 aliphatic heterocycles. The van der Waals surface area contributed by atoms with Crippen LogP contribution in [0.4, 0.5) is 0 Å². The molecule has 0 aliphatic carbocycles. The summed E-state index contributed by atoms with van der Waals surface area (Å²) in [5, 5.41) is 11.3. The fraction of sp³-hybridized carbons (Fsp3) is 0.400. The number of hydrogen-bond donors (Lipinski definition) is 2. The molecule has 2 N–H and O–H groups in total. The summed E-state index contributed by atoms with van der Waals surface area (Å²) in [4.78, 5) is 35.2. The Morgan fingerprint density at radius 2 is 1.86 bits per heavy atom. The van der Waals surface area contributed by atoms with Crippen LogP contribution < -0.4 is 5.32 Å². The number of methoxy groups -OCH3 is 1. The van der Waals surface area contributed by atoms with Gasteiger partial charge in [-0.1, -0.05) is 12.1 Å². The molecule has 22 heavy (non-hydrogen) atoms. The number of nitrogens with one attached hydrogen (secondary N) is 1. The molecule has 0 saturated heterocycles. The Bertz CT molecular complexity index is 527. The lowest BCUT2D eigenvalue weighted by Gasteiger charge is -2.16. The van der Waals surface area contributed by atoms with Crippen LogP contribution in [0.3, 0.4) is 0 Å². The van der Waals surface area contributed by atoms with Crippen LogP contribution in [0.15, 0.2) is 24.3 Å². The quantitative estimate of drug-likeness (QED) is 0.729. The Labute approximate surface area is 128 Å². The van der Waals surface area contributed by atoms with Crippen molar-refractivity contribution in [1.82, 2.24) is 10.2 Å². The van der Waals surface area contributed by atoms with E-state index >= 15 is 0 Å². The van der Waals surface area contributed by atoms with Gasteiger partial charge in [0.25, 0.3) is 5.91 Å². The van der Waals surface area contributed by atoms with E-state index in [1.807, 2.05) is 0 Å². The van der Waals surface area contributed by atoms with Gasteiger partial charge in [-0.3, -0.25) is 14.4 Å². The van der Waals surface area contributed by atoms with Crippen molar-refractivity contribution in [3.63, 3.8) is 0 Å². The molecule has 1 rings (SSSR count). The molecule has 0 aliphatic rings. The molecule has 0 heterocycles. The summed E-state index contributed by atoms with van der Waals surface area (Å²) in [5.74, 6) is -1.39. The number of aliphatic carboxylic acids is 1. The van der Waals surface area contributed by atoms with E-state index in [1.54, 1.807) is 31.3 Å². The van der Waals surface area contributed by atoms with Crippen molar-refractivity contribution in [3.8, 4) is 0 Å². The molecule has 0 unspecified atom stereocenters. The van der Waals surface area contributed by atoms with Gasteiger partial charge in [-0.25, -0.2) is 0 Å². The van der Waals surface area contributed by atoms with Crippen molar-refractivity contribution in [3.05, 3.63) is 35.4 Å². The number of carbonyl (C=O) groups excluding carboxylic acids is 2. The fourth-order valence-electron chi connectivity index (χ4n) is 1.73. The van der Waals surface area contributed by atoms with E-state index in [1.165, 1.54) is 12.0 Å². The second-order valence-electron chi connectivity index (χ2n) is 4.78. The maximum Gasteiger partial charge on any atom is 0.305 e. The molecule has 2 amide bonds. The third-order valence-electron chi connectivity index (χ3n) is 2.97. The topological polar surface area (TPSA) is 95.9 Å². The zero-order valence-electron chi connectivity index (χ0n) is 12.7. The van der Waals surface area contributed by atoms with Crippen molar-refractivity contribution in [2.24, 2.45) is 0 Å². The van der Waals surface area contributed by atoms with Gasteiger partial charge in [-0.2, -0.15) is 0 Å². The van der Waals surface area contributed by atoms with Crippen LogP contribution in [-0.2, 0) is 20.9 Å². The van der Waals surface area contributed by atoms with Gasteiger partial charge in [-0.05, 0) is 17.7 Å². The maximum absolute atomic E-state index is 12.1. The Kier molecular flexibility index (Phi) is 7.04. The summed E-state index contributed by atoms with van der Waals surface area (Å²) in [7, 11) is 3.00. The molecule has 0 fully saturated rings. The number of ether oxygens (including phenoxy) is 1. The first-order valence-corrected chi connectivity index (χ1v) is 6.76. The molecular formula is C15H20N2O5. The molecule has 0 aromatic heterocycles. The molecule has 0 saturated carbocycles. The fourth-order valence-corrected chi connectivity index (χ4v) is 1.73. The molecule has 7 heteroatoms. The van der Waals surface area contributed by atoms with Crippen molar-refractivity contribution in [2.75, 3.05) is 27.3 Å². The lowest BCUT2D eigenvalue weighted by molar-refractivity contribution is -0.137. The largest absolute Gasteiger partial charge is 0.481 e. The van der Waals surface area contributed by atoms with Crippen LogP contribution in [0.2, 0.25) is 0 Å². The highest BCUT2D eigenvalue weighted by molar-refractivity contribution is 5.94. The van der Waals surface area contributed by atoms with Gasteiger partial charge in [-0.15, -0.1) is 0 Å². The van der Waals surface area contributed by atoms with E-state index in [4.69, 9.17) is 9.84 Å². The van der Waals surface area contributed by atoms with Crippen LogP contribution in [0.1, 0.15) is 22.3 Å². The summed E-state index contributed by atoms with van der Waals surface area (Å²) in [5.41, 5.74) is 1.33. The number of rotatable bonds is 8. The zero-order valence-corrected chi connectivity index (χ0v) is 12.7. The highest BCUT2D eigenvalue weighted by atomic mass is 16.5. The maximum atomic E-state index is 12.1. The Balaban J connectivity index is 2.54. The van der Waals surface area contributed by atoms with Gasteiger partial charge in [0.15, 0.2) is 0 Å². The van der Waals surface area contributed by atoms with Gasteiger partial charge < -0.3 is 20.1 Å². The normalized spacial score (nSPS) is 10.1. The highest BCUT2D eigenvalue weighted by Gasteiger charge is 2.12. The predicted molar refractivity (Wildman–Crippen MR) is 79.4 cm³/mol. The smallest absolute Gasteiger partial charge is 0.305 e. The van der Waals surface area contributed by atoms with Crippen LogP contribution in [0, 0.1) is 0 Å². The molecular weight excluding hydrogens is 288 g/mol. The SMILES string of the molecule is COCC(=O)NCc1ccc(C(=O)N(C)CCC(=O)O)cc1. The van der Waals surface area contributed by atoms with Crippen LogP contribution >= 0.6 is 0 Å². The van der Waals surface area contributed by atoms with Crippen LogP contribution in [0.5, 0.6) is 0 Å². The molecule has 7 nitrogen and oxygen atoms in total. The van der Waals surface area contributed by atoms with E-state index in [2.05, 4.69) is 5.32 Å². The van der Waals surface area contributed by atoms with E-state index in [-0.39, 0.29) is 31.4 Å². The van der Waals surface area contributed by atoms with Crippen molar-refractivity contribution >= 4 is 17.8 Å². The number of hydrogen-bond acceptors (Lipinski definition) is 4. The second-order valence-corrected chi connectivity index (χ2v) is 4.78. The second kappa shape index (κ2) is 8.78. The molecule has 1 aromatic carbocycles. The molecule has 0 radical (unpaired) electrons. The van der Waals surface area contributed by atoms with Crippen molar-refractivity contribution < 1.29 is 24.2 Å². The first-order chi connectivity index (χ1) is 10.4. The standard InChI is InChI=1S/C15H20N2O5/c1-17(8-7-14(19)20)15(21)12-5-3-11(4-6-12)9-16-13(18)10-22-2/h3-6H,7-10H2,1-2H3,(H,16,18)(H,19,20). The third kappa shape index (κ3) is 5.92. The number of amides is 2. The lowest BCUT2D eigenvalue weighted by Crippen LogP contribution is -2.29. The average Bonchev–Trinajstić information content (AvgIpc) is 2.50. The Hall–Kier alpha value is -2.41. The van der Waals surface area contributed by atoms with Gasteiger partial charge in [0.1, 0.15) is 6.61 Å². The van der Waals surface area contributed by atoms with E-state index < -0.39 is 5.97 Å². The number of benzene rings is 1. The Morgan fingerprint density at radius 1 is 1.23 bits per heavy atom. The van der Waals surface area contributed by atoms with Crippen molar-refractivity contribution in [1.29, 1.82) is 0 Å². The minimum Gasteiger partial charge on any atom is -0.481 e. The number of carboxylic acids is 1. The van der Waals surface area contributed by atoms with Crippen molar-refractivity contribution in [2.45, 2.75) is 13.0 Å². The number of nitrogens with zero attached hydrogens (tertiary/aromatic N) is 1. The van der Waals surface area contributed by atoms with Gasteiger partial charge in [0.2, 0.25) is 5.91 Å². The first-order valence-electron chi connectivity index (χ1n) is 6.76. The Morgan fingerprint density at radius 3 is 2.41 bits per heavy atom. The zero-order chi connectivity index (χ0) is 16.5. The van der Waals surface area contributed by atoms with Crippen LogP contribution in [-0.4, -0.2) is 55.1 Å². The minimum absolute atomic E-state index is 0.00490. The van der Waals surface area contributed by atoms with Crippen LogP contribution in [0.25, 0.3) is 0 Å². The van der Waals surface area contributed by atoms with E-state index in [0.717, 1.165) is 5.56 Å². The molecule has 1 aromatic rings. The molecule has 0 bridgehead atoms. The van der Waals surface area contributed by atoms with Gasteiger partial charge >= 0.3 is 5.97 Å². The number of carboxylic acid groups (broad SMARTS) is 1. The summed E-state index contributed by atoms with van der Waals surface area (Å²) < 4.78 is 4.70. The van der Waals surface area contributed by atoms with E-state index in [0.29, 0.717) is 12.1 Å². The third-order valence-corrected chi connectivity index (χ3v) is 2.97. The lowest BCUT2D eigenvalue weighted by atomic mass is 10.1. The molecule has 0 atom stereocenters. The van der Waals surface area contributed by atoms with Gasteiger partial charge in [0.05, 0.1) is 6.42 Å². The summed E-state index contributed by atoms with van der Waals surface area (Å²) in [6.07, 6.45) is -0.0914. The highest BCUT2D eigenvalue weighted by Crippen LogP contribution is 2.07. The number of carbonyl (C=O) groups is 3. The van der Waals surface area contributed by atoms with Gasteiger partial charge in [0, 0.05) is 32.8 Å².